The van der Waals surface area contributed by atoms with E-state index in [0.717, 1.165) is 33.1 Å². The molecule has 0 spiro atoms. The summed E-state index contributed by atoms with van der Waals surface area (Å²) in [5, 5.41) is 8.54. The minimum absolute atomic E-state index is 0. The van der Waals surface area contributed by atoms with Gasteiger partial charge in [0.15, 0.2) is 0 Å². The number of nitrogens with zero attached hydrogens (tertiary/aromatic N) is 2. The summed E-state index contributed by atoms with van der Waals surface area (Å²) in [4.78, 5) is 8.85. The molecule has 0 N–H and O–H groups in total. The Morgan fingerprint density at radius 2 is 1.42 bits per heavy atom. The molecule has 0 bridgehead atoms. The molecular formula is C42H35FIrN2SSi-2. The van der Waals surface area contributed by atoms with E-state index in [9.17, 15) is 4.39 Å². The second-order valence-electron chi connectivity index (χ2n) is 12.5. The van der Waals surface area contributed by atoms with Crippen molar-refractivity contribution in [2.24, 2.45) is 0 Å². The minimum Gasteiger partial charge on any atom is -0.305 e. The molecule has 0 fully saturated rings. The third-order valence-electron chi connectivity index (χ3n) is 8.40. The third-order valence-corrected chi connectivity index (χ3v) is 11.7. The van der Waals surface area contributed by atoms with Crippen molar-refractivity contribution in [1.82, 2.24) is 9.97 Å². The molecule has 0 atom stereocenters. The Balaban J connectivity index is 0.000000215. The van der Waals surface area contributed by atoms with Crippen LogP contribution in [0.1, 0.15) is 21.6 Å². The van der Waals surface area contributed by atoms with Crippen LogP contribution < -0.4 is 5.19 Å². The van der Waals surface area contributed by atoms with E-state index in [4.69, 9.17) is 2.74 Å². The van der Waals surface area contributed by atoms with Crippen LogP contribution in [0.2, 0.25) is 19.6 Å². The zero-order valence-electron chi connectivity index (χ0n) is 29.2. The van der Waals surface area contributed by atoms with E-state index in [0.29, 0.717) is 5.69 Å². The standard InChI is InChI=1S/C28H19FNS.C14H16NSi.Ir/c1-2-8-17-15-25(30-16-24(17)29)22-13-7-14-23-26-20-11-5-3-9-18(20)19-10-4-6-12-21(19)28(26)31-27(22)23;1-16(2,3)13-9-10-14(15-11-13)12-7-5-4-6-8-12;/h3-7,9-12,14-16H,2,8H2,1H3;4-7,9-11H,1-3H3;/q2*-1;/i8D2;;. The average molecular weight is 841 g/mol. The van der Waals surface area contributed by atoms with Crippen molar-refractivity contribution in [3.05, 3.63) is 139 Å². The van der Waals surface area contributed by atoms with Gasteiger partial charge in [-0.25, -0.2) is 4.39 Å². The molecule has 2 nitrogen and oxygen atoms in total. The molecule has 6 heteroatoms. The van der Waals surface area contributed by atoms with Crippen LogP contribution in [-0.2, 0) is 26.5 Å². The van der Waals surface area contributed by atoms with Gasteiger partial charge in [-0.1, -0.05) is 105 Å². The molecule has 241 valence electrons. The number of thiophene rings is 1. The van der Waals surface area contributed by atoms with Crippen LogP contribution in [0.5, 0.6) is 0 Å². The number of aromatic nitrogens is 2. The minimum atomic E-state index is -1.76. The van der Waals surface area contributed by atoms with E-state index in [2.05, 4.69) is 108 Å². The molecule has 0 aliphatic heterocycles. The maximum absolute atomic E-state index is 14.5. The molecule has 8 aromatic rings. The fraction of sp³-hybridized carbons (Fsp3) is 0.143. The van der Waals surface area contributed by atoms with Crippen LogP contribution in [0.4, 0.5) is 4.39 Å². The number of hydrogen-bond acceptors (Lipinski definition) is 3. The average Bonchev–Trinajstić information content (AvgIpc) is 3.53. The second-order valence-corrected chi connectivity index (χ2v) is 18.6. The fourth-order valence-corrected chi connectivity index (χ4v) is 8.41. The zero-order chi connectivity index (χ0) is 34.3. The molecule has 0 saturated carbocycles. The maximum Gasteiger partial charge on any atom is 0.142 e. The van der Waals surface area contributed by atoms with E-state index < -0.39 is 20.3 Å². The Bertz CT molecular complexity index is 2460. The fourth-order valence-electron chi connectivity index (χ4n) is 6.01. The van der Waals surface area contributed by atoms with Gasteiger partial charge in [-0.2, -0.15) is 11.3 Å². The molecule has 3 aromatic heterocycles. The SMILES string of the molecule is C[Si](C)(C)c1ccc(-c2[c-]cccc2)nc1.[2H]C([2H])(CC)c1cc(-c2[c-]ccc3c2sc2c4ccccc4c4ccccc4c32)ncc1F.[Ir]. The molecule has 1 radical (unpaired) electrons. The zero-order valence-corrected chi connectivity index (χ0v) is 31.4. The number of aryl methyl sites for hydroxylation is 1. The summed E-state index contributed by atoms with van der Waals surface area (Å²) >= 11 is 1.69. The Hall–Kier alpha value is -4.06. The Labute approximate surface area is 302 Å². The quantitative estimate of drug-likeness (QED) is 0.0980. The molecular weight excluding hydrogens is 804 g/mol. The first kappa shape index (κ1) is 31.2. The number of halogens is 1. The van der Waals surface area contributed by atoms with Crippen LogP contribution in [0, 0.1) is 17.9 Å². The van der Waals surface area contributed by atoms with Gasteiger partial charge in [0.25, 0.3) is 0 Å². The van der Waals surface area contributed by atoms with Gasteiger partial charge in [0.2, 0.25) is 0 Å². The summed E-state index contributed by atoms with van der Waals surface area (Å²) in [7, 11) is -1.23. The Morgan fingerprint density at radius 1 is 0.729 bits per heavy atom. The predicted octanol–water partition coefficient (Wildman–Crippen LogP) is 11.4. The topological polar surface area (TPSA) is 25.8 Å². The van der Waals surface area contributed by atoms with Gasteiger partial charge < -0.3 is 9.97 Å². The molecule has 0 saturated heterocycles. The smallest absolute Gasteiger partial charge is 0.142 e. The first-order valence-electron chi connectivity index (χ1n) is 16.8. The summed E-state index contributed by atoms with van der Waals surface area (Å²) in [6.45, 7) is 8.71. The maximum atomic E-state index is 14.5. The van der Waals surface area contributed by atoms with Crippen molar-refractivity contribution in [2.75, 3.05) is 0 Å². The number of pyridine rings is 2. The second kappa shape index (κ2) is 14.2. The van der Waals surface area contributed by atoms with Crippen molar-refractivity contribution in [2.45, 2.75) is 39.4 Å². The first-order chi connectivity index (χ1) is 23.6. The van der Waals surface area contributed by atoms with Crippen LogP contribution in [0.25, 0.3) is 64.2 Å². The normalized spacial score (nSPS) is 12.4. The summed E-state index contributed by atoms with van der Waals surface area (Å²) in [5.74, 6) is -0.619. The third kappa shape index (κ3) is 6.51. The molecule has 5 aromatic carbocycles. The monoisotopic (exact) mass is 841 g/mol. The van der Waals surface area contributed by atoms with E-state index >= 15 is 0 Å². The van der Waals surface area contributed by atoms with E-state index in [-0.39, 0.29) is 32.1 Å². The van der Waals surface area contributed by atoms with Crippen LogP contribution >= 0.6 is 11.3 Å². The van der Waals surface area contributed by atoms with Gasteiger partial charge >= 0.3 is 0 Å². The van der Waals surface area contributed by atoms with Crippen molar-refractivity contribution in [3.8, 4) is 22.5 Å². The van der Waals surface area contributed by atoms with Gasteiger partial charge in [0.05, 0.1) is 14.3 Å². The van der Waals surface area contributed by atoms with Crippen molar-refractivity contribution < 1.29 is 27.2 Å². The first-order valence-corrected chi connectivity index (χ1v) is 20.1. The summed E-state index contributed by atoms with van der Waals surface area (Å²) in [5.41, 5.74) is 3.41. The molecule has 0 amide bonds. The summed E-state index contributed by atoms with van der Waals surface area (Å²) in [6.07, 6.45) is 1.57. The predicted molar refractivity (Wildman–Crippen MR) is 202 cm³/mol. The number of benzene rings is 5. The van der Waals surface area contributed by atoms with Crippen molar-refractivity contribution >= 4 is 66.3 Å². The van der Waals surface area contributed by atoms with Gasteiger partial charge in [0, 0.05) is 33.7 Å². The van der Waals surface area contributed by atoms with Gasteiger partial charge in [-0.3, -0.25) is 0 Å². The Morgan fingerprint density at radius 3 is 2.08 bits per heavy atom. The molecule has 0 unspecified atom stereocenters. The van der Waals surface area contributed by atoms with Gasteiger partial charge in [-0.15, -0.1) is 59.7 Å². The summed E-state index contributed by atoms with van der Waals surface area (Å²) in [6, 6.07) is 41.2. The van der Waals surface area contributed by atoms with Crippen LogP contribution in [0.3, 0.4) is 0 Å². The van der Waals surface area contributed by atoms with Crippen molar-refractivity contribution in [1.29, 1.82) is 0 Å². The molecule has 48 heavy (non-hydrogen) atoms. The number of rotatable bonds is 5. The van der Waals surface area contributed by atoms with E-state index in [1.807, 2.05) is 36.5 Å². The molecule has 8 rings (SSSR count). The number of fused-ring (bicyclic) bond motifs is 8. The van der Waals surface area contributed by atoms with Gasteiger partial charge in [-0.05, 0) is 60.1 Å². The molecule has 3 heterocycles. The summed E-state index contributed by atoms with van der Waals surface area (Å²) < 4.78 is 33.2. The molecule has 0 aliphatic carbocycles. The van der Waals surface area contributed by atoms with Crippen LogP contribution in [-0.4, -0.2) is 18.0 Å². The van der Waals surface area contributed by atoms with Crippen molar-refractivity contribution in [3.63, 3.8) is 0 Å². The van der Waals surface area contributed by atoms with E-state index in [1.54, 1.807) is 24.3 Å². The van der Waals surface area contributed by atoms with Gasteiger partial charge in [0.1, 0.15) is 5.82 Å². The largest absolute Gasteiger partial charge is 0.305 e. The molecule has 0 aliphatic rings. The Kier molecular flexibility index (Phi) is 9.23. The van der Waals surface area contributed by atoms with Crippen LogP contribution in [0.15, 0.2) is 116 Å². The number of hydrogen-bond donors (Lipinski definition) is 0. The van der Waals surface area contributed by atoms with E-state index in [1.165, 1.54) is 36.8 Å².